The van der Waals surface area contributed by atoms with Gasteiger partial charge in [-0.15, -0.1) is 0 Å². The summed E-state index contributed by atoms with van der Waals surface area (Å²) in [6.07, 6.45) is 0. The molecular weight excluding hydrogens is 332 g/mol. The molecule has 0 amide bonds. The second kappa shape index (κ2) is 7.98. The van der Waals surface area contributed by atoms with E-state index in [4.69, 9.17) is 9.26 Å². The van der Waals surface area contributed by atoms with E-state index in [0.29, 0.717) is 5.69 Å². The lowest BCUT2D eigenvalue weighted by atomic mass is 10.2. The normalized spacial score (nSPS) is 11.1. The summed E-state index contributed by atoms with van der Waals surface area (Å²) in [5.41, 5.74) is 8.02. The minimum Gasteiger partial charge on any atom is -0.497 e. The van der Waals surface area contributed by atoms with Crippen LogP contribution in [0, 0.1) is 0 Å². The summed E-state index contributed by atoms with van der Waals surface area (Å²) in [6, 6.07) is 18.5. The Morgan fingerprint density at radius 3 is 2.50 bits per heavy atom. The molecule has 0 atom stereocenters. The van der Waals surface area contributed by atoms with Crippen molar-refractivity contribution < 1.29 is 14.1 Å². The fourth-order valence-corrected chi connectivity index (χ4v) is 2.17. The Labute approximate surface area is 150 Å². The summed E-state index contributed by atoms with van der Waals surface area (Å²) in [5.74, 6) is 0.837. The smallest absolute Gasteiger partial charge is 0.253 e. The molecule has 0 spiro atoms. The van der Waals surface area contributed by atoms with E-state index in [1.807, 2.05) is 42.5 Å². The second-order valence-electron chi connectivity index (χ2n) is 5.41. The summed E-state index contributed by atoms with van der Waals surface area (Å²) in [4.78, 5) is 16.0. The predicted molar refractivity (Wildman–Crippen MR) is 99.5 cm³/mol. The molecule has 1 aromatic heterocycles. The highest BCUT2D eigenvalue weighted by Crippen LogP contribution is 2.23. The van der Waals surface area contributed by atoms with E-state index in [-0.39, 0.29) is 17.5 Å². The van der Waals surface area contributed by atoms with Crippen LogP contribution in [-0.4, -0.2) is 23.9 Å². The van der Waals surface area contributed by atoms with Crippen molar-refractivity contribution in [1.29, 1.82) is 0 Å². The summed E-state index contributed by atoms with van der Waals surface area (Å²) in [6.45, 7) is 1.41. The molecule has 2 aromatic carbocycles. The first kappa shape index (κ1) is 17.2. The molecule has 0 radical (unpaired) electrons. The van der Waals surface area contributed by atoms with Crippen molar-refractivity contribution in [2.45, 2.75) is 6.92 Å². The number of ether oxygens (including phenoxy) is 1. The van der Waals surface area contributed by atoms with Gasteiger partial charge in [0.2, 0.25) is 0 Å². The van der Waals surface area contributed by atoms with Crippen molar-refractivity contribution in [2.24, 2.45) is 4.99 Å². The van der Waals surface area contributed by atoms with Gasteiger partial charge < -0.3 is 9.26 Å². The summed E-state index contributed by atoms with van der Waals surface area (Å²) in [7, 11) is 1.60. The number of ketones is 1. The average molecular weight is 350 g/mol. The Kier molecular flexibility index (Phi) is 5.28. The number of anilines is 1. The maximum Gasteiger partial charge on any atom is 0.253 e. The number of carbonyl (C=O) groups is 1. The van der Waals surface area contributed by atoms with Gasteiger partial charge in [0.1, 0.15) is 11.4 Å². The Hall–Kier alpha value is -3.61. The van der Waals surface area contributed by atoms with Gasteiger partial charge in [-0.05, 0) is 24.3 Å². The number of aromatic nitrogens is 1. The number of hydrogen-bond donors (Lipinski definition) is 2. The largest absolute Gasteiger partial charge is 0.497 e. The Morgan fingerprint density at radius 1 is 1.12 bits per heavy atom. The molecule has 0 saturated heterocycles. The molecule has 0 bridgehead atoms. The molecule has 132 valence electrons. The molecule has 0 aliphatic rings. The van der Waals surface area contributed by atoms with E-state index < -0.39 is 0 Å². The van der Waals surface area contributed by atoms with Crippen LogP contribution in [0.2, 0.25) is 0 Å². The first-order valence-electron chi connectivity index (χ1n) is 7.93. The van der Waals surface area contributed by atoms with E-state index in [0.717, 1.165) is 17.0 Å². The topological polar surface area (TPSA) is 88.8 Å². The Bertz CT molecular complexity index is 902. The fraction of sp³-hybridized carbons (Fsp3) is 0.105. The van der Waals surface area contributed by atoms with Crippen LogP contribution in [0.1, 0.15) is 6.92 Å². The molecule has 7 nitrogen and oxygen atoms in total. The first-order valence-corrected chi connectivity index (χ1v) is 7.93. The number of carbonyl (C=O) groups excluding carboxylic acids is 1. The van der Waals surface area contributed by atoms with Crippen molar-refractivity contribution in [3.05, 3.63) is 60.7 Å². The third-order valence-electron chi connectivity index (χ3n) is 3.54. The van der Waals surface area contributed by atoms with Crippen LogP contribution in [0.15, 0.2) is 70.2 Å². The summed E-state index contributed by atoms with van der Waals surface area (Å²) >= 11 is 0. The standard InChI is InChI=1S/C19H18N4O3/c1-13(24)19(22-21-15-8-10-16(25-2)11-9-15)20-18-12-17(23-26-18)14-6-4-3-5-7-14/h3-12,21H,1-2H3,(H,20,22). The number of amidine groups is 1. The average Bonchev–Trinajstić information content (AvgIpc) is 3.14. The molecule has 2 N–H and O–H groups in total. The number of Topliss-reactive ketones (excluding diaryl/α,β-unsaturated/α-hetero) is 1. The van der Waals surface area contributed by atoms with Crippen molar-refractivity contribution in [2.75, 3.05) is 12.5 Å². The second-order valence-corrected chi connectivity index (χ2v) is 5.41. The van der Waals surface area contributed by atoms with E-state index in [2.05, 4.69) is 21.0 Å². The molecule has 1 heterocycles. The Morgan fingerprint density at radius 2 is 1.85 bits per heavy atom. The molecule has 0 fully saturated rings. The monoisotopic (exact) mass is 350 g/mol. The van der Waals surface area contributed by atoms with Gasteiger partial charge in [0.25, 0.3) is 5.88 Å². The van der Waals surface area contributed by atoms with Gasteiger partial charge >= 0.3 is 0 Å². The van der Waals surface area contributed by atoms with Gasteiger partial charge in [-0.1, -0.05) is 35.5 Å². The number of rotatable bonds is 6. The highest BCUT2D eigenvalue weighted by Gasteiger charge is 2.10. The van der Waals surface area contributed by atoms with Crippen LogP contribution in [0.5, 0.6) is 5.75 Å². The highest BCUT2D eigenvalue weighted by atomic mass is 16.5. The lowest BCUT2D eigenvalue weighted by Crippen LogP contribution is -2.34. The molecule has 0 unspecified atom stereocenters. The van der Waals surface area contributed by atoms with Crippen LogP contribution in [0.4, 0.5) is 11.6 Å². The SMILES string of the molecule is COc1ccc(NN/C(=N\c2cc(-c3ccccc3)no2)C(C)=O)cc1. The molecule has 3 rings (SSSR count). The molecular formula is C19H18N4O3. The van der Waals surface area contributed by atoms with E-state index in [9.17, 15) is 4.79 Å². The third kappa shape index (κ3) is 4.27. The molecule has 7 heteroatoms. The zero-order chi connectivity index (χ0) is 18.4. The molecule has 3 aromatic rings. The van der Waals surface area contributed by atoms with Gasteiger partial charge in [0, 0.05) is 18.6 Å². The van der Waals surface area contributed by atoms with Gasteiger partial charge in [0.15, 0.2) is 11.6 Å². The number of nitrogens with one attached hydrogen (secondary N) is 2. The predicted octanol–water partition coefficient (Wildman–Crippen LogP) is 3.59. The third-order valence-corrected chi connectivity index (χ3v) is 3.54. The maximum absolute atomic E-state index is 11.8. The van der Waals surface area contributed by atoms with Gasteiger partial charge in [-0.25, -0.2) is 0 Å². The van der Waals surface area contributed by atoms with Crippen LogP contribution < -0.4 is 15.6 Å². The molecule has 0 saturated carbocycles. The number of aliphatic imine (C=N–C) groups is 1. The number of hydrogen-bond acceptors (Lipinski definition) is 6. The zero-order valence-corrected chi connectivity index (χ0v) is 14.4. The van der Waals surface area contributed by atoms with Crippen LogP contribution in [-0.2, 0) is 4.79 Å². The number of methoxy groups -OCH3 is 1. The minimum atomic E-state index is -0.247. The minimum absolute atomic E-state index is 0.108. The highest BCUT2D eigenvalue weighted by molar-refractivity contribution is 6.38. The molecule has 0 aliphatic carbocycles. The lowest BCUT2D eigenvalue weighted by Gasteiger charge is -2.10. The lowest BCUT2D eigenvalue weighted by molar-refractivity contribution is -0.111. The van der Waals surface area contributed by atoms with Crippen molar-refractivity contribution in [3.63, 3.8) is 0 Å². The number of hydrazine groups is 1. The van der Waals surface area contributed by atoms with Gasteiger partial charge in [0.05, 0.1) is 12.8 Å². The van der Waals surface area contributed by atoms with Crippen molar-refractivity contribution in [1.82, 2.24) is 10.6 Å². The summed E-state index contributed by atoms with van der Waals surface area (Å²) < 4.78 is 10.3. The quantitative estimate of drug-likeness (QED) is 0.401. The number of nitrogens with zero attached hydrogens (tertiary/aromatic N) is 2. The number of benzene rings is 2. The van der Waals surface area contributed by atoms with Crippen LogP contribution in [0.25, 0.3) is 11.3 Å². The van der Waals surface area contributed by atoms with E-state index >= 15 is 0 Å². The first-order chi connectivity index (χ1) is 12.7. The summed E-state index contributed by atoms with van der Waals surface area (Å²) in [5, 5.41) is 3.98. The molecule has 26 heavy (non-hydrogen) atoms. The fourth-order valence-electron chi connectivity index (χ4n) is 2.17. The molecule has 0 aliphatic heterocycles. The van der Waals surface area contributed by atoms with Gasteiger partial charge in [-0.3, -0.25) is 15.6 Å². The van der Waals surface area contributed by atoms with Crippen molar-refractivity contribution >= 4 is 23.2 Å². The van der Waals surface area contributed by atoms with E-state index in [1.54, 1.807) is 25.3 Å². The van der Waals surface area contributed by atoms with E-state index in [1.165, 1.54) is 6.92 Å². The van der Waals surface area contributed by atoms with Crippen molar-refractivity contribution in [3.8, 4) is 17.0 Å². The van der Waals surface area contributed by atoms with Crippen LogP contribution >= 0.6 is 0 Å². The van der Waals surface area contributed by atoms with Crippen LogP contribution in [0.3, 0.4) is 0 Å². The zero-order valence-electron chi connectivity index (χ0n) is 14.4. The van der Waals surface area contributed by atoms with Gasteiger partial charge in [-0.2, -0.15) is 4.99 Å². The Balaban J connectivity index is 1.73. The maximum atomic E-state index is 11.8.